The maximum absolute atomic E-state index is 5.32. The van der Waals surface area contributed by atoms with Gasteiger partial charge in [0.2, 0.25) is 0 Å². The third-order valence-corrected chi connectivity index (χ3v) is 8.26. The van der Waals surface area contributed by atoms with Gasteiger partial charge < -0.3 is 0 Å². The maximum Gasteiger partial charge on any atom is 0.0972 e. The van der Waals surface area contributed by atoms with E-state index >= 15 is 0 Å². The van der Waals surface area contributed by atoms with Crippen molar-refractivity contribution in [3.05, 3.63) is 134 Å². The molecule has 0 aliphatic carbocycles. The van der Waals surface area contributed by atoms with Crippen LogP contribution in [0.4, 0.5) is 0 Å². The number of hydrogen-bond acceptors (Lipinski definition) is 4. The molecule has 9 aromatic rings. The second-order valence-corrected chi connectivity index (χ2v) is 10.7. The van der Waals surface area contributed by atoms with Crippen LogP contribution >= 0.6 is 0 Å². The lowest BCUT2D eigenvalue weighted by atomic mass is 9.94. The van der Waals surface area contributed by atoms with Gasteiger partial charge in [-0.15, -0.1) is 0 Å². The zero-order valence-electron chi connectivity index (χ0n) is 22.5. The Morgan fingerprint density at radius 1 is 0.310 bits per heavy atom. The highest BCUT2D eigenvalue weighted by Crippen LogP contribution is 2.39. The first-order valence-electron chi connectivity index (χ1n) is 14.1. The van der Waals surface area contributed by atoms with Gasteiger partial charge in [-0.3, -0.25) is 4.98 Å². The number of aromatic nitrogens is 4. The van der Waals surface area contributed by atoms with Crippen molar-refractivity contribution in [2.75, 3.05) is 0 Å². The van der Waals surface area contributed by atoms with E-state index in [-0.39, 0.29) is 0 Å². The summed E-state index contributed by atoms with van der Waals surface area (Å²) in [5.74, 6) is 0. The third-order valence-electron chi connectivity index (χ3n) is 8.26. The van der Waals surface area contributed by atoms with Crippen LogP contribution in [0.25, 0.3) is 87.8 Å². The summed E-state index contributed by atoms with van der Waals surface area (Å²) >= 11 is 0. The summed E-state index contributed by atoms with van der Waals surface area (Å²) in [6.45, 7) is 0. The van der Waals surface area contributed by atoms with Gasteiger partial charge in [-0.2, -0.15) is 0 Å². The highest BCUT2D eigenvalue weighted by atomic mass is 14.8. The van der Waals surface area contributed by atoms with Crippen LogP contribution in [0.5, 0.6) is 0 Å². The molecule has 42 heavy (non-hydrogen) atoms. The molecule has 0 aliphatic rings. The van der Waals surface area contributed by atoms with Crippen LogP contribution in [0, 0.1) is 0 Å². The molecule has 0 radical (unpaired) electrons. The summed E-state index contributed by atoms with van der Waals surface area (Å²) < 4.78 is 0. The van der Waals surface area contributed by atoms with Gasteiger partial charge in [0.25, 0.3) is 0 Å². The Bertz CT molecular complexity index is 2440. The Balaban J connectivity index is 1.34. The van der Waals surface area contributed by atoms with Crippen molar-refractivity contribution in [1.82, 2.24) is 19.9 Å². The minimum atomic E-state index is 0.820. The van der Waals surface area contributed by atoms with Crippen molar-refractivity contribution < 1.29 is 0 Å². The van der Waals surface area contributed by atoms with E-state index in [4.69, 9.17) is 15.0 Å². The number of fused-ring (bicyclic) bond motifs is 9. The van der Waals surface area contributed by atoms with Crippen LogP contribution in [0.15, 0.2) is 134 Å². The molecule has 0 atom stereocenters. The van der Waals surface area contributed by atoms with Gasteiger partial charge in [0.1, 0.15) is 0 Å². The van der Waals surface area contributed by atoms with Crippen LogP contribution < -0.4 is 0 Å². The molecule has 0 saturated heterocycles. The van der Waals surface area contributed by atoms with Gasteiger partial charge >= 0.3 is 0 Å². The molecule has 4 heteroatoms. The smallest absolute Gasteiger partial charge is 0.0972 e. The van der Waals surface area contributed by atoms with Crippen LogP contribution in [0.3, 0.4) is 0 Å². The molecule has 0 saturated carbocycles. The first-order valence-corrected chi connectivity index (χ1v) is 14.1. The molecule has 9 rings (SSSR count). The van der Waals surface area contributed by atoms with E-state index in [1.54, 1.807) is 0 Å². The summed E-state index contributed by atoms with van der Waals surface area (Å²) in [6.07, 6.45) is 1.82. The zero-order valence-corrected chi connectivity index (χ0v) is 22.5. The normalized spacial score (nSPS) is 11.8. The van der Waals surface area contributed by atoms with Crippen molar-refractivity contribution >= 4 is 65.2 Å². The lowest BCUT2D eigenvalue weighted by Crippen LogP contribution is -1.95. The molecule has 0 fully saturated rings. The van der Waals surface area contributed by atoms with Gasteiger partial charge in [-0.25, -0.2) is 15.0 Å². The van der Waals surface area contributed by atoms with E-state index in [2.05, 4.69) is 114 Å². The molecule has 0 unspecified atom stereocenters. The van der Waals surface area contributed by atoms with Crippen molar-refractivity contribution in [3.63, 3.8) is 0 Å². The largest absolute Gasteiger partial charge is 0.254 e. The molecule has 0 N–H and O–H groups in total. The summed E-state index contributed by atoms with van der Waals surface area (Å²) in [7, 11) is 0. The molecule has 4 nitrogen and oxygen atoms in total. The Morgan fingerprint density at radius 2 is 0.881 bits per heavy atom. The second kappa shape index (κ2) is 8.88. The Labute approximate surface area is 241 Å². The molecule has 0 amide bonds. The maximum atomic E-state index is 5.32. The fraction of sp³-hybridized carbons (Fsp3) is 0. The highest BCUT2D eigenvalue weighted by Gasteiger charge is 2.17. The number of pyridine rings is 4. The molecule has 0 bridgehead atoms. The van der Waals surface area contributed by atoms with Crippen LogP contribution in [-0.2, 0) is 0 Å². The third kappa shape index (κ3) is 3.42. The summed E-state index contributed by atoms with van der Waals surface area (Å²) in [5, 5.41) is 8.93. The van der Waals surface area contributed by atoms with Gasteiger partial charge in [-0.05, 0) is 35.0 Å². The number of hydrogen-bond donors (Lipinski definition) is 0. The minimum Gasteiger partial charge on any atom is -0.254 e. The lowest BCUT2D eigenvalue weighted by molar-refractivity contribution is 1.28. The highest BCUT2D eigenvalue weighted by molar-refractivity contribution is 6.20. The minimum absolute atomic E-state index is 0.820. The molecular weight excluding hydrogens is 512 g/mol. The molecular formula is C38H22N4. The first-order chi connectivity index (χ1) is 20.8. The van der Waals surface area contributed by atoms with E-state index in [9.17, 15) is 0 Å². The number of rotatable bonds is 2. The van der Waals surface area contributed by atoms with Crippen LogP contribution in [-0.4, -0.2) is 19.9 Å². The molecule has 5 aromatic carbocycles. The van der Waals surface area contributed by atoms with E-state index in [1.165, 1.54) is 10.8 Å². The fourth-order valence-electron chi connectivity index (χ4n) is 6.27. The van der Waals surface area contributed by atoms with Crippen molar-refractivity contribution in [3.8, 4) is 22.6 Å². The van der Waals surface area contributed by atoms with Crippen molar-refractivity contribution in [2.45, 2.75) is 0 Å². The van der Waals surface area contributed by atoms with E-state index in [0.717, 1.165) is 77.0 Å². The standard InChI is InChI=1S/C38H22N4/c1-3-10-27-23(7-1)16-19-29-34(30-20-17-24-8-2-4-11-28(24)38(30)42-37(27)29)33-13-5-12-31(40-33)32-21-18-26-15-14-25-9-6-22-39-35(25)36(26)41-32/h1-22H. The molecule has 194 valence electrons. The average Bonchev–Trinajstić information content (AvgIpc) is 3.07. The topological polar surface area (TPSA) is 51.6 Å². The van der Waals surface area contributed by atoms with Gasteiger partial charge in [0.15, 0.2) is 0 Å². The summed E-state index contributed by atoms with van der Waals surface area (Å²) in [4.78, 5) is 20.3. The quantitative estimate of drug-likeness (QED) is 0.164. The summed E-state index contributed by atoms with van der Waals surface area (Å²) in [6, 6.07) is 44.3. The number of nitrogens with zero attached hydrogens (tertiary/aromatic N) is 4. The monoisotopic (exact) mass is 534 g/mol. The molecule has 0 aliphatic heterocycles. The fourth-order valence-corrected chi connectivity index (χ4v) is 6.27. The lowest BCUT2D eigenvalue weighted by Gasteiger charge is -2.15. The predicted octanol–water partition coefficient (Wildman–Crippen LogP) is 9.52. The van der Waals surface area contributed by atoms with E-state index in [1.807, 2.05) is 24.4 Å². The van der Waals surface area contributed by atoms with Crippen molar-refractivity contribution in [1.29, 1.82) is 0 Å². The zero-order chi connectivity index (χ0) is 27.6. The Morgan fingerprint density at radius 3 is 1.62 bits per heavy atom. The predicted molar refractivity (Wildman–Crippen MR) is 174 cm³/mol. The first kappa shape index (κ1) is 23.0. The van der Waals surface area contributed by atoms with Gasteiger partial charge in [-0.1, -0.05) is 103 Å². The van der Waals surface area contributed by atoms with Crippen molar-refractivity contribution in [2.24, 2.45) is 0 Å². The second-order valence-electron chi connectivity index (χ2n) is 10.7. The summed E-state index contributed by atoms with van der Waals surface area (Å²) in [5.41, 5.74) is 7.38. The van der Waals surface area contributed by atoms with E-state index in [0.29, 0.717) is 0 Å². The van der Waals surface area contributed by atoms with Gasteiger partial charge in [0, 0.05) is 44.1 Å². The van der Waals surface area contributed by atoms with E-state index < -0.39 is 0 Å². The molecule has 4 heterocycles. The molecule has 0 spiro atoms. The van der Waals surface area contributed by atoms with Gasteiger partial charge in [0.05, 0.1) is 39.1 Å². The molecule has 4 aromatic heterocycles. The average molecular weight is 535 g/mol. The number of benzene rings is 5. The SMILES string of the molecule is c1cc(-c2ccc3ccc4cccnc4c3n2)nc(-c2c3ccc4ccccc4c3nc3c2ccc2ccccc23)c1. The van der Waals surface area contributed by atoms with Crippen LogP contribution in [0.1, 0.15) is 0 Å². The Hall–Kier alpha value is -5.74. The van der Waals surface area contributed by atoms with Crippen LogP contribution in [0.2, 0.25) is 0 Å². The Kier molecular flexibility index (Phi) is 4.87.